The van der Waals surface area contributed by atoms with E-state index in [0.717, 1.165) is 0 Å². The molecule has 25 heavy (non-hydrogen) atoms. The number of rotatable bonds is 4. The van der Waals surface area contributed by atoms with Crippen molar-refractivity contribution in [2.75, 3.05) is 6.61 Å². The molecular formula is C19H21FN2O3. The molecule has 1 aromatic heterocycles. The lowest BCUT2D eigenvalue weighted by Crippen LogP contribution is -2.40. The number of primary amides is 1. The van der Waals surface area contributed by atoms with Crippen LogP contribution in [0.25, 0.3) is 11.3 Å². The van der Waals surface area contributed by atoms with Crippen LogP contribution < -0.4 is 10.5 Å². The lowest BCUT2D eigenvalue weighted by atomic mass is 9.82. The second kappa shape index (κ2) is 5.81. The summed E-state index contributed by atoms with van der Waals surface area (Å²) in [6, 6.07) is 7.52. The van der Waals surface area contributed by atoms with E-state index >= 15 is 0 Å². The fourth-order valence-electron chi connectivity index (χ4n) is 2.85. The van der Waals surface area contributed by atoms with Crippen LogP contribution in [0.4, 0.5) is 4.39 Å². The Balaban J connectivity index is 2.29. The fourth-order valence-corrected chi connectivity index (χ4v) is 2.85. The van der Waals surface area contributed by atoms with Crippen LogP contribution in [0, 0.1) is 5.82 Å². The van der Waals surface area contributed by atoms with Crippen LogP contribution in [0.3, 0.4) is 0 Å². The molecule has 1 aliphatic heterocycles. The molecule has 0 aliphatic carbocycles. The van der Waals surface area contributed by atoms with Crippen molar-refractivity contribution in [3.63, 3.8) is 0 Å². The standard InChI is InChI=1S/C19H21FN2O3/c1-4-19(3,24)14-9-13-16(25-10-18(13,2)17(21)23)15(22-14)11-5-7-12(20)8-6-11/h5-9,24H,4,10H2,1-3H3,(H2,21,23)/t18-,19+/m0/s1. The SMILES string of the molecule is CC[C@@](C)(O)c1cc2c(c(-c3ccc(F)cc3)n1)OC[C@]2(C)C(N)=O. The number of fused-ring (bicyclic) bond motifs is 1. The van der Waals surface area contributed by atoms with Crippen LogP contribution >= 0.6 is 0 Å². The molecule has 2 atom stereocenters. The van der Waals surface area contributed by atoms with Gasteiger partial charge in [0.25, 0.3) is 0 Å². The lowest BCUT2D eigenvalue weighted by molar-refractivity contribution is -0.123. The van der Waals surface area contributed by atoms with Crippen LogP contribution in [0.15, 0.2) is 30.3 Å². The molecule has 0 saturated carbocycles. The highest BCUT2D eigenvalue weighted by atomic mass is 19.1. The molecule has 0 fully saturated rings. The number of nitrogens with zero attached hydrogens (tertiary/aromatic N) is 1. The molecule has 6 heteroatoms. The number of amides is 1. The Kier molecular flexibility index (Phi) is 4.03. The molecule has 3 N–H and O–H groups in total. The fraction of sp³-hybridized carbons (Fsp3) is 0.368. The Morgan fingerprint density at radius 1 is 1.44 bits per heavy atom. The van der Waals surface area contributed by atoms with Gasteiger partial charge in [-0.1, -0.05) is 6.92 Å². The maximum Gasteiger partial charge on any atom is 0.231 e. The first kappa shape index (κ1) is 17.4. The second-order valence-electron chi connectivity index (χ2n) is 6.85. The highest BCUT2D eigenvalue weighted by Gasteiger charge is 2.44. The average molecular weight is 344 g/mol. The molecule has 0 saturated heterocycles. The Morgan fingerprint density at radius 3 is 2.64 bits per heavy atom. The summed E-state index contributed by atoms with van der Waals surface area (Å²) in [5.74, 6) is -0.423. The van der Waals surface area contributed by atoms with E-state index in [9.17, 15) is 14.3 Å². The molecule has 2 heterocycles. The molecule has 5 nitrogen and oxygen atoms in total. The van der Waals surface area contributed by atoms with Crippen molar-refractivity contribution in [1.82, 2.24) is 4.98 Å². The van der Waals surface area contributed by atoms with Crippen LogP contribution in [0.1, 0.15) is 38.4 Å². The normalized spacial score (nSPS) is 21.3. The molecular weight excluding hydrogens is 323 g/mol. The Labute approximate surface area is 145 Å². The molecule has 1 aliphatic rings. The van der Waals surface area contributed by atoms with E-state index in [1.54, 1.807) is 32.0 Å². The summed E-state index contributed by atoms with van der Waals surface area (Å²) >= 11 is 0. The smallest absolute Gasteiger partial charge is 0.231 e. The first-order valence-corrected chi connectivity index (χ1v) is 8.16. The van der Waals surface area contributed by atoms with Gasteiger partial charge in [0, 0.05) is 11.1 Å². The molecule has 132 valence electrons. The van der Waals surface area contributed by atoms with E-state index in [1.807, 2.05) is 6.92 Å². The number of carbonyl (C=O) groups is 1. The van der Waals surface area contributed by atoms with Gasteiger partial charge in [0.2, 0.25) is 5.91 Å². The molecule has 1 amide bonds. The van der Waals surface area contributed by atoms with Gasteiger partial charge in [-0.05, 0) is 50.6 Å². The number of pyridine rings is 1. The van der Waals surface area contributed by atoms with Gasteiger partial charge >= 0.3 is 0 Å². The second-order valence-corrected chi connectivity index (χ2v) is 6.85. The van der Waals surface area contributed by atoms with Crippen LogP contribution in [0.5, 0.6) is 5.75 Å². The van der Waals surface area contributed by atoms with Crippen molar-refractivity contribution < 1.29 is 19.0 Å². The third kappa shape index (κ3) is 2.76. The molecule has 2 aromatic rings. The van der Waals surface area contributed by atoms with E-state index in [0.29, 0.717) is 34.7 Å². The molecule has 0 unspecified atom stereocenters. The zero-order valence-electron chi connectivity index (χ0n) is 14.5. The first-order valence-electron chi connectivity index (χ1n) is 8.16. The number of hydrogen-bond donors (Lipinski definition) is 2. The van der Waals surface area contributed by atoms with Crippen molar-refractivity contribution >= 4 is 5.91 Å². The molecule has 1 aromatic carbocycles. The zero-order valence-corrected chi connectivity index (χ0v) is 14.5. The van der Waals surface area contributed by atoms with E-state index in [-0.39, 0.29) is 12.4 Å². The molecule has 0 spiro atoms. The minimum Gasteiger partial charge on any atom is -0.489 e. The largest absolute Gasteiger partial charge is 0.489 e. The topological polar surface area (TPSA) is 85.4 Å². The summed E-state index contributed by atoms with van der Waals surface area (Å²) in [6.07, 6.45) is 0.440. The highest BCUT2D eigenvalue weighted by Crippen LogP contribution is 2.45. The molecule has 3 rings (SSSR count). The third-order valence-electron chi connectivity index (χ3n) is 4.97. The van der Waals surface area contributed by atoms with Gasteiger partial charge in [-0.3, -0.25) is 4.79 Å². The number of hydrogen-bond acceptors (Lipinski definition) is 4. The van der Waals surface area contributed by atoms with Crippen LogP contribution in [0.2, 0.25) is 0 Å². The Hall–Kier alpha value is -2.47. The van der Waals surface area contributed by atoms with Crippen molar-refractivity contribution in [2.45, 2.75) is 38.2 Å². The Morgan fingerprint density at radius 2 is 2.08 bits per heavy atom. The van der Waals surface area contributed by atoms with Gasteiger partial charge in [-0.2, -0.15) is 0 Å². The number of aliphatic hydroxyl groups is 1. The minimum atomic E-state index is -1.18. The Bertz CT molecular complexity index is 833. The summed E-state index contributed by atoms with van der Waals surface area (Å²) in [5, 5.41) is 10.7. The zero-order chi connectivity index (χ0) is 18.4. The minimum absolute atomic E-state index is 0.102. The predicted octanol–water partition coefficient (Wildman–Crippen LogP) is 2.64. The van der Waals surface area contributed by atoms with Gasteiger partial charge in [0.15, 0.2) is 0 Å². The van der Waals surface area contributed by atoms with Crippen molar-refractivity contribution in [3.05, 3.63) is 47.4 Å². The highest BCUT2D eigenvalue weighted by molar-refractivity contribution is 5.90. The van der Waals surface area contributed by atoms with E-state index in [2.05, 4.69) is 4.98 Å². The quantitative estimate of drug-likeness (QED) is 0.893. The van der Waals surface area contributed by atoms with Crippen molar-refractivity contribution in [2.24, 2.45) is 5.73 Å². The summed E-state index contributed by atoms with van der Waals surface area (Å²) in [7, 11) is 0. The summed E-state index contributed by atoms with van der Waals surface area (Å²) < 4.78 is 19.0. The monoisotopic (exact) mass is 344 g/mol. The first-order chi connectivity index (χ1) is 11.7. The van der Waals surface area contributed by atoms with E-state index in [1.165, 1.54) is 12.1 Å². The number of ether oxygens (including phenoxy) is 1. The number of halogens is 1. The number of benzene rings is 1. The van der Waals surface area contributed by atoms with Gasteiger partial charge < -0.3 is 15.6 Å². The number of aromatic nitrogens is 1. The maximum atomic E-state index is 13.3. The maximum absolute atomic E-state index is 13.3. The van der Waals surface area contributed by atoms with Crippen LogP contribution in [-0.2, 0) is 15.8 Å². The average Bonchev–Trinajstić information content (AvgIpc) is 2.93. The third-order valence-corrected chi connectivity index (χ3v) is 4.97. The molecule has 0 bridgehead atoms. The van der Waals surface area contributed by atoms with E-state index in [4.69, 9.17) is 10.5 Å². The lowest BCUT2D eigenvalue weighted by Gasteiger charge is -2.24. The summed E-state index contributed by atoms with van der Waals surface area (Å²) in [4.78, 5) is 16.6. The van der Waals surface area contributed by atoms with E-state index < -0.39 is 16.9 Å². The summed E-state index contributed by atoms with van der Waals surface area (Å²) in [6.45, 7) is 5.31. The van der Waals surface area contributed by atoms with Gasteiger partial charge in [0.05, 0.1) is 5.69 Å². The van der Waals surface area contributed by atoms with Gasteiger partial charge in [0.1, 0.15) is 34.9 Å². The van der Waals surface area contributed by atoms with Crippen LogP contribution in [-0.4, -0.2) is 22.6 Å². The predicted molar refractivity (Wildman–Crippen MR) is 91.5 cm³/mol. The van der Waals surface area contributed by atoms with Crippen molar-refractivity contribution in [3.8, 4) is 17.0 Å². The van der Waals surface area contributed by atoms with Gasteiger partial charge in [-0.25, -0.2) is 9.37 Å². The molecule has 0 radical (unpaired) electrons. The van der Waals surface area contributed by atoms with Crippen molar-refractivity contribution in [1.29, 1.82) is 0 Å². The number of carbonyl (C=O) groups excluding carboxylic acids is 1. The summed E-state index contributed by atoms with van der Waals surface area (Å²) in [5.41, 5.74) is 5.53. The number of nitrogens with two attached hydrogens (primary N) is 1. The van der Waals surface area contributed by atoms with Gasteiger partial charge in [-0.15, -0.1) is 0 Å².